The minimum atomic E-state index is -0.827. The van der Waals surface area contributed by atoms with Gasteiger partial charge in [-0.3, -0.25) is 9.36 Å². The average Bonchev–Trinajstić information content (AvgIpc) is 3.00. The fraction of sp³-hybridized carbons (Fsp3) is 0.500. The van der Waals surface area contributed by atoms with Crippen molar-refractivity contribution in [1.29, 1.82) is 0 Å². The van der Waals surface area contributed by atoms with Crippen molar-refractivity contribution in [2.75, 3.05) is 25.9 Å². The van der Waals surface area contributed by atoms with E-state index in [1.807, 2.05) is 13.0 Å². The Morgan fingerprint density at radius 1 is 1.57 bits per heavy atom. The van der Waals surface area contributed by atoms with Crippen molar-refractivity contribution < 1.29 is 9.90 Å². The normalized spacial score (nSPS) is 19.4. The van der Waals surface area contributed by atoms with Crippen LogP contribution in [0.25, 0.3) is 11.2 Å². The lowest BCUT2D eigenvalue weighted by atomic mass is 10.2. The zero-order chi connectivity index (χ0) is 15.0. The van der Waals surface area contributed by atoms with E-state index in [1.165, 1.54) is 11.8 Å². The summed E-state index contributed by atoms with van der Waals surface area (Å²) in [4.78, 5) is 22.2. The molecule has 1 unspecified atom stereocenters. The smallest absolute Gasteiger partial charge is 0.313 e. The molecular weight excluding hydrogens is 288 g/mol. The van der Waals surface area contributed by atoms with E-state index in [9.17, 15) is 4.79 Å². The van der Waals surface area contributed by atoms with Crippen molar-refractivity contribution in [3.8, 4) is 0 Å². The molecule has 3 heterocycles. The van der Waals surface area contributed by atoms with Crippen LogP contribution in [0.5, 0.6) is 0 Å². The van der Waals surface area contributed by atoms with Crippen molar-refractivity contribution in [2.45, 2.75) is 24.5 Å². The number of nitrogens with zero attached hydrogens (tertiary/aromatic N) is 4. The first-order valence-corrected chi connectivity index (χ1v) is 7.91. The highest BCUT2D eigenvalue weighted by molar-refractivity contribution is 7.99. The Morgan fingerprint density at radius 3 is 3.05 bits per heavy atom. The van der Waals surface area contributed by atoms with Crippen LogP contribution in [0.3, 0.4) is 0 Å². The number of hydrogen-bond donors (Lipinski definition) is 1. The lowest BCUT2D eigenvalue weighted by Crippen LogP contribution is -2.17. The molecule has 0 spiro atoms. The van der Waals surface area contributed by atoms with E-state index in [2.05, 4.69) is 26.5 Å². The number of likely N-dealkylation sites (N-methyl/N-ethyl adjacent to an activating group) is 1. The van der Waals surface area contributed by atoms with E-state index in [-0.39, 0.29) is 5.75 Å². The van der Waals surface area contributed by atoms with Gasteiger partial charge in [-0.1, -0.05) is 11.8 Å². The summed E-state index contributed by atoms with van der Waals surface area (Å²) in [6.45, 7) is 3.99. The number of hydrogen-bond acceptors (Lipinski definition) is 5. The van der Waals surface area contributed by atoms with Crippen LogP contribution >= 0.6 is 11.8 Å². The highest BCUT2D eigenvalue weighted by Gasteiger charge is 2.26. The second-order valence-corrected chi connectivity index (χ2v) is 6.39. The summed E-state index contributed by atoms with van der Waals surface area (Å²) in [6, 6.07) is 2.25. The maximum atomic E-state index is 10.9. The summed E-state index contributed by atoms with van der Waals surface area (Å²) >= 11 is 1.27. The first-order chi connectivity index (χ1) is 10.1. The number of imidazole rings is 1. The average molecular weight is 306 g/mol. The molecule has 0 aliphatic carbocycles. The van der Waals surface area contributed by atoms with Crippen LogP contribution in [0.15, 0.2) is 17.4 Å². The van der Waals surface area contributed by atoms with Crippen molar-refractivity contribution in [3.63, 3.8) is 0 Å². The van der Waals surface area contributed by atoms with Gasteiger partial charge in [-0.25, -0.2) is 9.97 Å². The Balaban J connectivity index is 2.06. The number of aliphatic carboxylic acids is 1. The van der Waals surface area contributed by atoms with Gasteiger partial charge >= 0.3 is 5.97 Å². The number of likely N-dealkylation sites (tertiary alicyclic amines) is 1. The molecule has 0 radical (unpaired) electrons. The van der Waals surface area contributed by atoms with Crippen LogP contribution in [0.1, 0.15) is 18.0 Å². The quantitative estimate of drug-likeness (QED) is 0.868. The molecule has 3 rings (SSSR count). The molecular formula is C14H18N4O2S. The number of fused-ring (bicyclic) bond motifs is 1. The maximum absolute atomic E-state index is 10.9. The third-order valence-electron chi connectivity index (χ3n) is 3.80. The van der Waals surface area contributed by atoms with Gasteiger partial charge < -0.3 is 10.0 Å². The third kappa shape index (κ3) is 2.75. The lowest BCUT2D eigenvalue weighted by molar-refractivity contribution is -0.133. The summed E-state index contributed by atoms with van der Waals surface area (Å²) in [5, 5.41) is 9.68. The first kappa shape index (κ1) is 14.3. The Hall–Kier alpha value is -1.60. The molecule has 0 amide bonds. The summed E-state index contributed by atoms with van der Waals surface area (Å²) < 4.78 is 2.12. The number of carboxylic acid groups (broad SMARTS) is 1. The van der Waals surface area contributed by atoms with Gasteiger partial charge in [0.05, 0.1) is 11.8 Å². The number of pyridine rings is 1. The molecule has 2 aromatic heterocycles. The van der Waals surface area contributed by atoms with E-state index in [0.29, 0.717) is 6.04 Å². The second-order valence-electron chi connectivity index (χ2n) is 5.45. The van der Waals surface area contributed by atoms with E-state index in [0.717, 1.165) is 41.4 Å². The Labute approximate surface area is 127 Å². The van der Waals surface area contributed by atoms with E-state index in [4.69, 9.17) is 5.11 Å². The molecule has 1 aliphatic rings. The zero-order valence-electron chi connectivity index (χ0n) is 12.1. The third-order valence-corrected chi connectivity index (χ3v) is 4.74. The number of aromatic nitrogens is 3. The molecule has 6 nitrogen and oxygen atoms in total. The molecule has 1 fully saturated rings. The van der Waals surface area contributed by atoms with Crippen molar-refractivity contribution in [3.05, 3.63) is 17.8 Å². The Morgan fingerprint density at radius 2 is 2.38 bits per heavy atom. The molecule has 7 heteroatoms. The number of rotatable bonds is 4. The maximum Gasteiger partial charge on any atom is 0.313 e. The minimum absolute atomic E-state index is 0.0188. The molecule has 2 aromatic rings. The fourth-order valence-electron chi connectivity index (χ4n) is 2.77. The Bertz CT molecular complexity index is 685. The number of carbonyl (C=O) groups is 1. The van der Waals surface area contributed by atoms with Gasteiger partial charge in [-0.15, -0.1) is 0 Å². The first-order valence-electron chi connectivity index (χ1n) is 6.93. The van der Waals surface area contributed by atoms with E-state index in [1.54, 1.807) is 6.20 Å². The molecule has 1 atom stereocenters. The summed E-state index contributed by atoms with van der Waals surface area (Å²) in [7, 11) is 2.10. The summed E-state index contributed by atoms with van der Waals surface area (Å²) in [6.07, 6.45) is 2.83. The van der Waals surface area contributed by atoms with Crippen LogP contribution in [0.2, 0.25) is 0 Å². The van der Waals surface area contributed by atoms with Crippen LogP contribution < -0.4 is 0 Å². The summed E-state index contributed by atoms with van der Waals surface area (Å²) in [5.74, 6) is -0.808. The molecule has 0 bridgehead atoms. The molecule has 112 valence electrons. The SMILES string of the molecule is Cc1ccnc2c1nc(SCC(=O)O)n2C1CCN(C)C1. The number of thioether (sulfide) groups is 1. The standard InChI is InChI=1S/C14H18N4O2S/c1-9-3-5-15-13-12(9)16-14(21-8-11(19)20)18(13)10-4-6-17(2)7-10/h3,5,10H,4,6-8H2,1-2H3,(H,19,20). The van der Waals surface area contributed by atoms with Gasteiger partial charge in [-0.2, -0.15) is 0 Å². The lowest BCUT2D eigenvalue weighted by Gasteiger charge is -2.15. The minimum Gasteiger partial charge on any atom is -0.481 e. The van der Waals surface area contributed by atoms with Gasteiger partial charge in [0.2, 0.25) is 0 Å². The van der Waals surface area contributed by atoms with Crippen molar-refractivity contribution >= 4 is 28.9 Å². The van der Waals surface area contributed by atoms with Gasteiger partial charge in [0.1, 0.15) is 5.52 Å². The highest BCUT2D eigenvalue weighted by atomic mass is 32.2. The van der Waals surface area contributed by atoms with Gasteiger partial charge in [-0.05, 0) is 38.6 Å². The van der Waals surface area contributed by atoms with Gasteiger partial charge in [0.15, 0.2) is 10.8 Å². The van der Waals surface area contributed by atoms with E-state index >= 15 is 0 Å². The molecule has 1 N–H and O–H groups in total. The largest absolute Gasteiger partial charge is 0.481 e. The predicted molar refractivity (Wildman–Crippen MR) is 81.8 cm³/mol. The van der Waals surface area contributed by atoms with Crippen LogP contribution in [0, 0.1) is 6.92 Å². The van der Waals surface area contributed by atoms with Crippen LogP contribution in [-0.2, 0) is 4.79 Å². The number of carboxylic acids is 1. The van der Waals surface area contributed by atoms with E-state index < -0.39 is 5.97 Å². The molecule has 0 saturated carbocycles. The monoisotopic (exact) mass is 306 g/mol. The van der Waals surface area contributed by atoms with Gasteiger partial charge in [0, 0.05) is 12.7 Å². The predicted octanol–water partition coefficient (Wildman–Crippen LogP) is 1.79. The fourth-order valence-corrected chi connectivity index (χ4v) is 3.55. The highest BCUT2D eigenvalue weighted by Crippen LogP contribution is 2.32. The van der Waals surface area contributed by atoms with Crippen molar-refractivity contribution in [1.82, 2.24) is 19.4 Å². The summed E-state index contributed by atoms with van der Waals surface area (Å²) in [5.41, 5.74) is 2.81. The number of aryl methyl sites for hydroxylation is 1. The second kappa shape index (κ2) is 5.65. The molecule has 0 aromatic carbocycles. The molecule has 1 saturated heterocycles. The Kier molecular flexibility index (Phi) is 3.86. The molecule has 21 heavy (non-hydrogen) atoms. The zero-order valence-corrected chi connectivity index (χ0v) is 12.9. The van der Waals surface area contributed by atoms with Gasteiger partial charge in [0.25, 0.3) is 0 Å². The van der Waals surface area contributed by atoms with Crippen LogP contribution in [-0.4, -0.2) is 56.4 Å². The van der Waals surface area contributed by atoms with Crippen LogP contribution in [0.4, 0.5) is 0 Å². The molecule has 1 aliphatic heterocycles. The van der Waals surface area contributed by atoms with Crippen molar-refractivity contribution in [2.24, 2.45) is 0 Å². The topological polar surface area (TPSA) is 71.2 Å².